The van der Waals surface area contributed by atoms with Gasteiger partial charge in [0.05, 0.1) is 29.8 Å². The maximum atomic E-state index is 9.11. The SMILES string of the molecule is CCOCc1nc2c(N)nc3ccccc3c2n1CC(C)(C)OCCCCN1CCN(CCO)CC1. The van der Waals surface area contributed by atoms with Crippen molar-refractivity contribution in [2.75, 3.05) is 64.8 Å². The fourth-order valence-corrected chi connectivity index (χ4v) is 4.97. The van der Waals surface area contributed by atoms with Crippen LogP contribution >= 0.6 is 0 Å². The van der Waals surface area contributed by atoms with Crippen LogP contribution in [0.15, 0.2) is 24.3 Å². The molecule has 9 nitrogen and oxygen atoms in total. The fraction of sp³-hybridized carbons (Fsp3) is 0.630. The molecule has 1 aliphatic heterocycles. The van der Waals surface area contributed by atoms with Gasteiger partial charge in [-0.1, -0.05) is 18.2 Å². The van der Waals surface area contributed by atoms with Crippen molar-refractivity contribution in [2.45, 2.75) is 52.4 Å². The highest BCUT2D eigenvalue weighted by Gasteiger charge is 2.25. The second-order valence-electron chi connectivity index (χ2n) is 10.2. The van der Waals surface area contributed by atoms with Crippen molar-refractivity contribution in [3.05, 3.63) is 30.1 Å². The molecule has 0 spiro atoms. The van der Waals surface area contributed by atoms with Gasteiger partial charge in [0.25, 0.3) is 0 Å². The lowest BCUT2D eigenvalue weighted by atomic mass is 10.1. The number of ether oxygens (including phenoxy) is 2. The standard InChI is InChI=1S/C27H42N6O3/c1-4-35-19-23-30-24-25(21-9-5-6-10-22(21)29-26(24)28)33(23)20-27(2,3)36-18-8-7-11-31-12-14-32(15-13-31)16-17-34/h5-6,9-10,34H,4,7-8,11-20H2,1-3H3,(H2,28,29). The third-order valence-electron chi connectivity index (χ3n) is 6.91. The third kappa shape index (κ3) is 6.52. The Morgan fingerprint density at radius 2 is 1.75 bits per heavy atom. The van der Waals surface area contributed by atoms with Gasteiger partial charge in [-0.2, -0.15) is 0 Å². The summed E-state index contributed by atoms with van der Waals surface area (Å²) in [5.41, 5.74) is 8.51. The molecule has 198 valence electrons. The molecule has 1 saturated heterocycles. The minimum atomic E-state index is -0.385. The molecule has 3 N–H and O–H groups in total. The minimum Gasteiger partial charge on any atom is -0.395 e. The summed E-state index contributed by atoms with van der Waals surface area (Å²) >= 11 is 0. The van der Waals surface area contributed by atoms with Crippen molar-refractivity contribution >= 4 is 27.8 Å². The summed E-state index contributed by atoms with van der Waals surface area (Å²) in [4.78, 5) is 14.2. The first-order valence-corrected chi connectivity index (χ1v) is 13.2. The highest BCUT2D eigenvalue weighted by Crippen LogP contribution is 2.30. The van der Waals surface area contributed by atoms with E-state index in [4.69, 9.17) is 25.3 Å². The highest BCUT2D eigenvalue weighted by atomic mass is 16.5. The molecule has 0 atom stereocenters. The van der Waals surface area contributed by atoms with Crippen LogP contribution < -0.4 is 5.73 Å². The van der Waals surface area contributed by atoms with E-state index >= 15 is 0 Å². The highest BCUT2D eigenvalue weighted by molar-refractivity contribution is 6.06. The van der Waals surface area contributed by atoms with Crippen LogP contribution in [0, 0.1) is 0 Å². The van der Waals surface area contributed by atoms with Crippen LogP contribution in [-0.4, -0.2) is 94.1 Å². The van der Waals surface area contributed by atoms with Crippen LogP contribution in [0.2, 0.25) is 0 Å². The van der Waals surface area contributed by atoms with Gasteiger partial charge in [-0.15, -0.1) is 0 Å². The Labute approximate surface area is 214 Å². The molecule has 3 aromatic rings. The lowest BCUT2D eigenvalue weighted by molar-refractivity contribution is -0.0322. The van der Waals surface area contributed by atoms with E-state index in [-0.39, 0.29) is 12.2 Å². The number of benzene rings is 1. The Balaban J connectivity index is 1.39. The Morgan fingerprint density at radius 3 is 2.47 bits per heavy atom. The molecule has 0 bridgehead atoms. The number of anilines is 1. The molecule has 4 rings (SSSR count). The molecule has 0 radical (unpaired) electrons. The number of β-amino-alcohol motifs (C(OH)–C–C–N with tert-alkyl or cyclic N) is 1. The number of hydrogen-bond acceptors (Lipinski definition) is 8. The zero-order valence-corrected chi connectivity index (χ0v) is 22.1. The average Bonchev–Trinajstić information content (AvgIpc) is 3.22. The molecule has 1 fully saturated rings. The smallest absolute Gasteiger partial charge is 0.152 e. The van der Waals surface area contributed by atoms with Crippen molar-refractivity contribution in [2.24, 2.45) is 0 Å². The second-order valence-corrected chi connectivity index (χ2v) is 10.2. The van der Waals surface area contributed by atoms with Crippen molar-refractivity contribution in [3.63, 3.8) is 0 Å². The summed E-state index contributed by atoms with van der Waals surface area (Å²) in [6, 6.07) is 8.06. The Hall–Kier alpha value is -2.30. The predicted octanol–water partition coefficient (Wildman–Crippen LogP) is 2.89. The number of imidazole rings is 1. The van der Waals surface area contributed by atoms with E-state index in [9.17, 15) is 0 Å². The van der Waals surface area contributed by atoms with Gasteiger partial charge >= 0.3 is 0 Å². The van der Waals surface area contributed by atoms with Crippen LogP contribution in [0.5, 0.6) is 0 Å². The molecule has 2 aromatic heterocycles. The van der Waals surface area contributed by atoms with Gasteiger partial charge in [0.15, 0.2) is 5.82 Å². The minimum absolute atomic E-state index is 0.246. The van der Waals surface area contributed by atoms with Gasteiger partial charge in [0, 0.05) is 51.3 Å². The Kier molecular flexibility index (Phi) is 9.14. The quantitative estimate of drug-likeness (QED) is 0.347. The molecule has 9 heteroatoms. The van der Waals surface area contributed by atoms with Gasteiger partial charge in [-0.25, -0.2) is 9.97 Å². The van der Waals surface area contributed by atoms with Crippen LogP contribution in [0.1, 0.15) is 39.4 Å². The third-order valence-corrected chi connectivity index (χ3v) is 6.91. The molecule has 0 aliphatic carbocycles. The molecule has 36 heavy (non-hydrogen) atoms. The molecule has 0 unspecified atom stereocenters. The first-order valence-electron chi connectivity index (χ1n) is 13.2. The zero-order valence-electron chi connectivity index (χ0n) is 22.1. The number of aromatic nitrogens is 3. The maximum absolute atomic E-state index is 9.11. The van der Waals surface area contributed by atoms with Crippen LogP contribution in [0.25, 0.3) is 21.9 Å². The number of nitrogens with zero attached hydrogens (tertiary/aromatic N) is 5. The predicted molar refractivity (Wildman–Crippen MR) is 144 cm³/mol. The monoisotopic (exact) mass is 498 g/mol. The lowest BCUT2D eigenvalue weighted by Gasteiger charge is -2.34. The molecule has 1 aromatic carbocycles. The number of nitrogens with two attached hydrogens (primary N) is 1. The van der Waals surface area contributed by atoms with Gasteiger partial charge in [-0.3, -0.25) is 4.90 Å². The van der Waals surface area contributed by atoms with Gasteiger partial charge in [0.1, 0.15) is 17.9 Å². The lowest BCUT2D eigenvalue weighted by Crippen LogP contribution is -2.47. The van der Waals surface area contributed by atoms with Crippen LogP contribution in [0.3, 0.4) is 0 Å². The van der Waals surface area contributed by atoms with E-state index in [2.05, 4.69) is 39.3 Å². The molecule has 3 heterocycles. The molecule has 0 amide bonds. The number of nitrogen functional groups attached to an aromatic ring is 1. The first kappa shape index (κ1) is 26.8. The number of pyridine rings is 1. The Bertz CT molecular complexity index is 1120. The average molecular weight is 499 g/mol. The fourth-order valence-electron chi connectivity index (χ4n) is 4.97. The summed E-state index contributed by atoms with van der Waals surface area (Å²) in [6.07, 6.45) is 2.14. The number of aliphatic hydroxyl groups excluding tert-OH is 1. The number of rotatable bonds is 13. The van der Waals surface area contributed by atoms with E-state index in [0.29, 0.717) is 25.6 Å². The Morgan fingerprint density at radius 1 is 1.03 bits per heavy atom. The maximum Gasteiger partial charge on any atom is 0.152 e. The normalized spacial score (nSPS) is 15.9. The number of piperazine rings is 1. The number of unbranched alkanes of at least 4 members (excludes halogenated alkanes) is 1. The van der Waals surface area contributed by atoms with Gasteiger partial charge in [-0.05, 0) is 46.2 Å². The number of para-hydroxylation sites is 1. The van der Waals surface area contributed by atoms with Crippen LogP contribution in [0.4, 0.5) is 5.82 Å². The first-order chi connectivity index (χ1) is 17.4. The summed E-state index contributed by atoms with van der Waals surface area (Å²) in [5.74, 6) is 1.28. The van der Waals surface area contributed by atoms with Crippen molar-refractivity contribution in [3.8, 4) is 0 Å². The van der Waals surface area contributed by atoms with E-state index < -0.39 is 0 Å². The molecular weight excluding hydrogens is 456 g/mol. The van der Waals surface area contributed by atoms with Crippen molar-refractivity contribution in [1.82, 2.24) is 24.3 Å². The van der Waals surface area contributed by atoms with Gasteiger partial charge < -0.3 is 29.8 Å². The van der Waals surface area contributed by atoms with E-state index in [1.165, 1.54) is 0 Å². The summed E-state index contributed by atoms with van der Waals surface area (Å²) < 4.78 is 14.3. The van der Waals surface area contributed by atoms with Gasteiger partial charge in [0.2, 0.25) is 0 Å². The van der Waals surface area contributed by atoms with E-state index in [1.807, 2.05) is 25.1 Å². The van der Waals surface area contributed by atoms with E-state index in [0.717, 1.165) is 86.5 Å². The molecule has 0 saturated carbocycles. The number of fused-ring (bicyclic) bond motifs is 3. The zero-order chi connectivity index (χ0) is 25.5. The largest absolute Gasteiger partial charge is 0.395 e. The number of hydrogen-bond donors (Lipinski definition) is 2. The summed E-state index contributed by atoms with van der Waals surface area (Å²) in [5, 5.41) is 10.1. The topological polar surface area (TPSA) is 102 Å². The van der Waals surface area contributed by atoms with E-state index in [1.54, 1.807) is 0 Å². The molecule has 1 aliphatic rings. The molecular formula is C27H42N6O3. The second kappa shape index (κ2) is 12.3. The number of aliphatic hydroxyl groups is 1. The summed E-state index contributed by atoms with van der Waals surface area (Å²) in [7, 11) is 0. The van der Waals surface area contributed by atoms with Crippen molar-refractivity contribution in [1.29, 1.82) is 0 Å². The van der Waals surface area contributed by atoms with Crippen LogP contribution in [-0.2, 0) is 22.6 Å². The summed E-state index contributed by atoms with van der Waals surface area (Å²) in [6.45, 7) is 15.0. The van der Waals surface area contributed by atoms with Crippen molar-refractivity contribution < 1.29 is 14.6 Å².